The van der Waals surface area contributed by atoms with Crippen molar-refractivity contribution in [3.63, 3.8) is 0 Å². The van der Waals surface area contributed by atoms with E-state index in [1.54, 1.807) is 6.20 Å². The van der Waals surface area contributed by atoms with Crippen LogP contribution in [0.1, 0.15) is 17.9 Å². The lowest BCUT2D eigenvalue weighted by molar-refractivity contribution is 0.939. The maximum atomic E-state index is 5.91. The molecule has 1 atom stereocenters. The van der Waals surface area contributed by atoms with Crippen LogP contribution in [0.3, 0.4) is 0 Å². The van der Waals surface area contributed by atoms with Crippen LogP contribution in [0.4, 0.5) is 5.82 Å². The molecule has 0 amide bonds. The molecular weight excluding hydrogens is 318 g/mol. The average Bonchev–Trinajstić information content (AvgIpc) is 3.00. The largest absolute Gasteiger partial charge is 0.384 e. The van der Waals surface area contributed by atoms with Gasteiger partial charge >= 0.3 is 0 Å². The van der Waals surface area contributed by atoms with Gasteiger partial charge in [-0.3, -0.25) is 4.98 Å². The van der Waals surface area contributed by atoms with Gasteiger partial charge in [-0.1, -0.05) is 23.4 Å². The highest BCUT2D eigenvalue weighted by atomic mass is 35.5. The lowest BCUT2D eigenvalue weighted by Gasteiger charge is -2.12. The first kappa shape index (κ1) is 14.9. The first-order chi connectivity index (χ1) is 10.6. The Bertz CT molecular complexity index is 755. The van der Waals surface area contributed by atoms with Crippen molar-refractivity contribution in [3.8, 4) is 5.69 Å². The predicted molar refractivity (Wildman–Crippen MR) is 89.3 cm³/mol. The van der Waals surface area contributed by atoms with Crippen LogP contribution in [-0.4, -0.2) is 19.5 Å². The summed E-state index contributed by atoms with van der Waals surface area (Å²) in [6.07, 6.45) is 5.80. The normalized spacial score (nSPS) is 12.3. The predicted octanol–water partition coefficient (Wildman–Crippen LogP) is 3.75. The maximum absolute atomic E-state index is 5.91. The number of pyridine rings is 1. The zero-order valence-corrected chi connectivity index (χ0v) is 13.4. The molecule has 7 heteroatoms. The van der Waals surface area contributed by atoms with Crippen molar-refractivity contribution in [3.05, 3.63) is 59.8 Å². The molecule has 0 radical (unpaired) electrons. The fourth-order valence-corrected chi connectivity index (χ4v) is 3.13. The molecule has 0 aromatic carbocycles. The number of aromatic nitrogens is 4. The van der Waals surface area contributed by atoms with Crippen LogP contribution in [0.5, 0.6) is 0 Å². The van der Waals surface area contributed by atoms with Crippen molar-refractivity contribution in [2.75, 3.05) is 5.73 Å². The van der Waals surface area contributed by atoms with E-state index in [2.05, 4.69) is 15.0 Å². The van der Waals surface area contributed by atoms with Gasteiger partial charge in [-0.15, -0.1) is 0 Å². The number of hydrogen-bond donors (Lipinski definition) is 1. The Morgan fingerprint density at radius 2 is 2.00 bits per heavy atom. The summed E-state index contributed by atoms with van der Waals surface area (Å²) in [5.74, 6) is 0.365. The number of halogens is 1. The summed E-state index contributed by atoms with van der Waals surface area (Å²) in [5.41, 5.74) is 7.70. The second-order valence-electron chi connectivity index (χ2n) is 4.69. The Labute approximate surface area is 137 Å². The number of nitrogens with zero attached hydrogens (tertiary/aromatic N) is 4. The molecule has 0 aliphatic carbocycles. The minimum atomic E-state index is 0.0772. The third kappa shape index (κ3) is 3.40. The summed E-state index contributed by atoms with van der Waals surface area (Å²) in [4.78, 5) is 12.8. The van der Waals surface area contributed by atoms with Gasteiger partial charge in [0.25, 0.3) is 0 Å². The number of nitrogen functional groups attached to an aromatic ring is 1. The monoisotopic (exact) mass is 331 g/mol. The number of hydrogen-bond acceptors (Lipinski definition) is 5. The zero-order chi connectivity index (χ0) is 15.5. The quantitative estimate of drug-likeness (QED) is 0.448. The SMILES string of the molecule is CC(Sc1nc(N)cc(Cl)n1)c1cc(-n2cccc2)ccn1. The van der Waals surface area contributed by atoms with Gasteiger partial charge < -0.3 is 10.3 Å². The molecule has 22 heavy (non-hydrogen) atoms. The van der Waals surface area contributed by atoms with Crippen LogP contribution in [0, 0.1) is 0 Å². The molecule has 0 saturated heterocycles. The van der Waals surface area contributed by atoms with E-state index in [-0.39, 0.29) is 5.25 Å². The fraction of sp³-hybridized carbons (Fsp3) is 0.133. The first-order valence-electron chi connectivity index (χ1n) is 6.68. The molecule has 5 nitrogen and oxygen atoms in total. The van der Waals surface area contributed by atoms with E-state index in [4.69, 9.17) is 17.3 Å². The minimum absolute atomic E-state index is 0.0772. The molecule has 0 spiro atoms. The van der Waals surface area contributed by atoms with Crippen molar-refractivity contribution in [2.24, 2.45) is 0 Å². The summed E-state index contributed by atoms with van der Waals surface area (Å²) in [5, 5.41) is 0.968. The molecule has 3 aromatic heterocycles. The van der Waals surface area contributed by atoms with Crippen LogP contribution in [0.2, 0.25) is 5.15 Å². The summed E-state index contributed by atoms with van der Waals surface area (Å²) in [6.45, 7) is 2.05. The van der Waals surface area contributed by atoms with Gasteiger partial charge in [-0.2, -0.15) is 0 Å². The van der Waals surface area contributed by atoms with Gasteiger partial charge in [-0.25, -0.2) is 9.97 Å². The van der Waals surface area contributed by atoms with Crippen molar-refractivity contribution in [1.29, 1.82) is 0 Å². The van der Waals surface area contributed by atoms with E-state index in [1.165, 1.54) is 17.8 Å². The van der Waals surface area contributed by atoms with Crippen LogP contribution >= 0.6 is 23.4 Å². The lowest BCUT2D eigenvalue weighted by atomic mass is 10.2. The minimum Gasteiger partial charge on any atom is -0.384 e. The molecule has 0 saturated carbocycles. The number of anilines is 1. The van der Waals surface area contributed by atoms with E-state index < -0.39 is 0 Å². The van der Waals surface area contributed by atoms with Crippen LogP contribution in [0.15, 0.2) is 54.1 Å². The topological polar surface area (TPSA) is 69.6 Å². The molecule has 2 N–H and O–H groups in total. The van der Waals surface area contributed by atoms with Crippen LogP contribution in [0.25, 0.3) is 5.69 Å². The van der Waals surface area contributed by atoms with E-state index in [9.17, 15) is 0 Å². The summed E-state index contributed by atoms with van der Waals surface area (Å²) < 4.78 is 2.04. The highest BCUT2D eigenvalue weighted by Gasteiger charge is 2.13. The molecular formula is C15H14ClN5S. The zero-order valence-electron chi connectivity index (χ0n) is 11.8. The molecule has 0 fully saturated rings. The molecule has 0 bridgehead atoms. The van der Waals surface area contributed by atoms with Gasteiger partial charge in [0.1, 0.15) is 11.0 Å². The molecule has 112 valence electrons. The maximum Gasteiger partial charge on any atom is 0.191 e. The Hall–Kier alpha value is -2.05. The number of thioether (sulfide) groups is 1. The Morgan fingerprint density at radius 1 is 1.23 bits per heavy atom. The second kappa shape index (κ2) is 6.37. The molecule has 0 aliphatic heterocycles. The van der Waals surface area contributed by atoms with Gasteiger partial charge in [0.2, 0.25) is 0 Å². The Balaban J connectivity index is 1.83. The first-order valence-corrected chi connectivity index (χ1v) is 7.93. The molecule has 3 aromatic rings. The van der Waals surface area contributed by atoms with Gasteiger partial charge in [0, 0.05) is 30.3 Å². The summed E-state index contributed by atoms with van der Waals surface area (Å²) in [6, 6.07) is 9.52. The Morgan fingerprint density at radius 3 is 2.73 bits per heavy atom. The van der Waals surface area contributed by atoms with Crippen molar-refractivity contribution in [1.82, 2.24) is 19.5 Å². The van der Waals surface area contributed by atoms with Crippen LogP contribution in [-0.2, 0) is 0 Å². The van der Waals surface area contributed by atoms with E-state index in [1.807, 2.05) is 48.1 Å². The number of nitrogens with two attached hydrogens (primary N) is 1. The third-order valence-corrected chi connectivity index (χ3v) is 4.24. The molecule has 3 rings (SSSR count). The van der Waals surface area contributed by atoms with Gasteiger partial charge in [-0.05, 0) is 31.2 Å². The number of rotatable bonds is 4. The summed E-state index contributed by atoms with van der Waals surface area (Å²) >= 11 is 7.38. The van der Waals surface area contributed by atoms with E-state index in [0.29, 0.717) is 16.1 Å². The lowest BCUT2D eigenvalue weighted by Crippen LogP contribution is -1.99. The van der Waals surface area contributed by atoms with E-state index >= 15 is 0 Å². The van der Waals surface area contributed by atoms with Crippen molar-refractivity contribution < 1.29 is 0 Å². The summed E-state index contributed by atoms with van der Waals surface area (Å²) in [7, 11) is 0. The highest BCUT2D eigenvalue weighted by molar-refractivity contribution is 7.99. The smallest absolute Gasteiger partial charge is 0.191 e. The fourth-order valence-electron chi connectivity index (χ4n) is 2.01. The standard InChI is InChI=1S/C15H14ClN5S/c1-10(22-15-19-13(16)9-14(17)20-15)12-8-11(4-5-18-12)21-6-2-3-7-21/h2-10H,1H3,(H2,17,19,20). The molecule has 1 unspecified atom stereocenters. The van der Waals surface area contributed by atoms with E-state index in [0.717, 1.165) is 11.4 Å². The van der Waals surface area contributed by atoms with Crippen LogP contribution < -0.4 is 5.73 Å². The average molecular weight is 332 g/mol. The van der Waals surface area contributed by atoms with Gasteiger partial charge in [0.05, 0.1) is 10.9 Å². The second-order valence-corrected chi connectivity index (χ2v) is 6.38. The molecule has 0 aliphatic rings. The molecule has 3 heterocycles. The highest BCUT2D eigenvalue weighted by Crippen LogP contribution is 2.33. The third-order valence-electron chi connectivity index (χ3n) is 3.06. The Kier molecular flexibility index (Phi) is 4.31. The van der Waals surface area contributed by atoms with Crippen molar-refractivity contribution in [2.45, 2.75) is 17.3 Å². The van der Waals surface area contributed by atoms with Gasteiger partial charge in [0.15, 0.2) is 5.16 Å². The van der Waals surface area contributed by atoms with Crippen molar-refractivity contribution >= 4 is 29.2 Å².